The number of rotatable bonds is 4. The van der Waals surface area contributed by atoms with E-state index in [4.69, 9.17) is 4.74 Å². The maximum Gasteiger partial charge on any atom is 0.232 e. The second kappa shape index (κ2) is 8.52. The van der Waals surface area contributed by atoms with E-state index in [1.165, 1.54) is 24.6 Å². The van der Waals surface area contributed by atoms with Crippen LogP contribution in [0.15, 0.2) is 0 Å². The van der Waals surface area contributed by atoms with Gasteiger partial charge in [-0.15, -0.1) is 11.8 Å². The number of likely N-dealkylation sites (tertiary alicyclic amines) is 1. The maximum atomic E-state index is 12.1. The third-order valence-electron chi connectivity index (χ3n) is 3.77. The summed E-state index contributed by atoms with van der Waals surface area (Å²) in [6, 6.07) is 0. The summed E-state index contributed by atoms with van der Waals surface area (Å²) in [4.78, 5) is 27.8. The topological polar surface area (TPSA) is 49.9 Å². The van der Waals surface area contributed by atoms with Gasteiger partial charge in [-0.1, -0.05) is 12.8 Å². The Morgan fingerprint density at radius 2 is 1.30 bits per heavy atom. The maximum absolute atomic E-state index is 12.1. The van der Waals surface area contributed by atoms with Crippen LogP contribution < -0.4 is 0 Å². The molecule has 2 rings (SSSR count). The van der Waals surface area contributed by atoms with Crippen molar-refractivity contribution >= 4 is 23.6 Å². The molecular weight excluding hydrogens is 276 g/mol. The summed E-state index contributed by atoms with van der Waals surface area (Å²) in [5.41, 5.74) is 0. The Bertz CT molecular complexity index is 324. The van der Waals surface area contributed by atoms with Gasteiger partial charge in [0.25, 0.3) is 0 Å². The Balaban J connectivity index is 1.64. The number of ether oxygens (including phenoxy) is 1. The molecule has 0 atom stereocenters. The molecule has 2 amide bonds. The first-order valence-corrected chi connectivity index (χ1v) is 8.64. The van der Waals surface area contributed by atoms with E-state index in [1.807, 2.05) is 9.80 Å². The van der Waals surface area contributed by atoms with Gasteiger partial charge in [0.1, 0.15) is 0 Å². The van der Waals surface area contributed by atoms with E-state index < -0.39 is 0 Å². The summed E-state index contributed by atoms with van der Waals surface area (Å²) in [6.45, 7) is 4.39. The minimum Gasteiger partial charge on any atom is -0.378 e. The lowest BCUT2D eigenvalue weighted by Crippen LogP contribution is -2.41. The number of hydrogen-bond donors (Lipinski definition) is 0. The molecule has 2 heterocycles. The predicted octanol–water partition coefficient (Wildman–Crippen LogP) is 0.981. The molecule has 2 aliphatic rings. The molecule has 0 spiro atoms. The Kier molecular flexibility index (Phi) is 6.66. The summed E-state index contributed by atoms with van der Waals surface area (Å²) in [7, 11) is 0. The molecule has 5 nitrogen and oxygen atoms in total. The lowest BCUT2D eigenvalue weighted by Gasteiger charge is -2.26. The van der Waals surface area contributed by atoms with Crippen LogP contribution in [-0.2, 0) is 14.3 Å². The standard InChI is InChI=1S/C14H24N2O3S/c17-13(15-5-3-1-2-4-6-15)11-20-12-14(18)16-7-9-19-10-8-16/h1-12H2. The van der Waals surface area contributed by atoms with Gasteiger partial charge < -0.3 is 14.5 Å². The molecule has 6 heteroatoms. The van der Waals surface area contributed by atoms with Crippen molar-refractivity contribution in [1.82, 2.24) is 9.80 Å². The molecule has 0 aromatic rings. The highest BCUT2D eigenvalue weighted by atomic mass is 32.2. The molecular formula is C14H24N2O3S. The van der Waals surface area contributed by atoms with Crippen LogP contribution in [0.1, 0.15) is 25.7 Å². The van der Waals surface area contributed by atoms with Gasteiger partial charge in [0.15, 0.2) is 0 Å². The van der Waals surface area contributed by atoms with E-state index in [0.717, 1.165) is 25.9 Å². The Labute approximate surface area is 125 Å². The van der Waals surface area contributed by atoms with Crippen LogP contribution >= 0.6 is 11.8 Å². The van der Waals surface area contributed by atoms with Crippen molar-refractivity contribution in [2.75, 3.05) is 50.9 Å². The third-order valence-corrected chi connectivity index (χ3v) is 4.68. The van der Waals surface area contributed by atoms with Gasteiger partial charge in [-0.25, -0.2) is 0 Å². The molecule has 20 heavy (non-hydrogen) atoms. The van der Waals surface area contributed by atoms with Crippen molar-refractivity contribution in [3.8, 4) is 0 Å². The summed E-state index contributed by atoms with van der Waals surface area (Å²) in [6.07, 6.45) is 4.69. The van der Waals surface area contributed by atoms with Gasteiger partial charge >= 0.3 is 0 Å². The number of morpholine rings is 1. The molecule has 0 aromatic heterocycles. The number of thioether (sulfide) groups is 1. The third kappa shape index (κ3) is 4.98. The van der Waals surface area contributed by atoms with Gasteiger partial charge in [-0.05, 0) is 12.8 Å². The first kappa shape index (κ1) is 15.6. The summed E-state index contributed by atoms with van der Waals surface area (Å²) in [5.74, 6) is 1.14. The Morgan fingerprint density at radius 3 is 1.85 bits per heavy atom. The summed E-state index contributed by atoms with van der Waals surface area (Å²) < 4.78 is 5.22. The first-order chi connectivity index (χ1) is 9.77. The van der Waals surface area contributed by atoms with Gasteiger partial charge in [-0.2, -0.15) is 0 Å². The van der Waals surface area contributed by atoms with Crippen molar-refractivity contribution in [2.24, 2.45) is 0 Å². The smallest absolute Gasteiger partial charge is 0.232 e. The van der Waals surface area contributed by atoms with Gasteiger partial charge in [0.05, 0.1) is 24.7 Å². The molecule has 2 fully saturated rings. The summed E-state index contributed by atoms with van der Waals surface area (Å²) in [5, 5.41) is 0. The predicted molar refractivity (Wildman–Crippen MR) is 79.8 cm³/mol. The lowest BCUT2D eigenvalue weighted by atomic mass is 10.2. The highest BCUT2D eigenvalue weighted by Gasteiger charge is 2.19. The normalized spacial score (nSPS) is 20.6. The van der Waals surface area contributed by atoms with Crippen molar-refractivity contribution in [3.63, 3.8) is 0 Å². The molecule has 0 bridgehead atoms. The van der Waals surface area contributed by atoms with E-state index >= 15 is 0 Å². The number of carbonyl (C=O) groups is 2. The molecule has 0 aliphatic carbocycles. The molecule has 0 saturated carbocycles. The average molecular weight is 300 g/mol. The second-order valence-corrected chi connectivity index (χ2v) is 6.27. The number of carbonyl (C=O) groups excluding carboxylic acids is 2. The SMILES string of the molecule is O=C(CSCC(=O)N1CCOCC1)N1CCCCCC1. The molecule has 114 valence electrons. The van der Waals surface area contributed by atoms with Crippen LogP contribution in [0.2, 0.25) is 0 Å². The quantitative estimate of drug-likeness (QED) is 0.776. The van der Waals surface area contributed by atoms with E-state index in [-0.39, 0.29) is 11.8 Å². The highest BCUT2D eigenvalue weighted by Crippen LogP contribution is 2.12. The molecule has 0 N–H and O–H groups in total. The molecule has 0 aromatic carbocycles. The number of amides is 2. The van der Waals surface area contributed by atoms with Crippen LogP contribution in [0.3, 0.4) is 0 Å². The van der Waals surface area contributed by atoms with Gasteiger partial charge in [0.2, 0.25) is 11.8 Å². The van der Waals surface area contributed by atoms with Crippen LogP contribution in [-0.4, -0.2) is 72.5 Å². The van der Waals surface area contributed by atoms with Gasteiger partial charge in [-0.3, -0.25) is 9.59 Å². The lowest BCUT2D eigenvalue weighted by molar-refractivity contribution is -0.132. The minimum absolute atomic E-state index is 0.127. The molecule has 0 unspecified atom stereocenters. The zero-order valence-corrected chi connectivity index (χ0v) is 12.8. The van der Waals surface area contributed by atoms with E-state index in [1.54, 1.807) is 0 Å². The molecule has 2 saturated heterocycles. The Hall–Kier alpha value is -0.750. The van der Waals surface area contributed by atoms with Gasteiger partial charge in [0, 0.05) is 26.2 Å². The zero-order valence-electron chi connectivity index (χ0n) is 12.0. The number of nitrogens with zero attached hydrogens (tertiary/aromatic N) is 2. The Morgan fingerprint density at radius 1 is 0.800 bits per heavy atom. The van der Waals surface area contributed by atoms with E-state index in [2.05, 4.69) is 0 Å². The van der Waals surface area contributed by atoms with Crippen molar-refractivity contribution in [1.29, 1.82) is 0 Å². The fourth-order valence-electron chi connectivity index (χ4n) is 2.54. The molecule has 0 radical (unpaired) electrons. The van der Waals surface area contributed by atoms with E-state index in [0.29, 0.717) is 37.8 Å². The minimum atomic E-state index is 0.127. The van der Waals surface area contributed by atoms with Crippen LogP contribution in [0.5, 0.6) is 0 Å². The monoisotopic (exact) mass is 300 g/mol. The highest BCUT2D eigenvalue weighted by molar-refractivity contribution is 8.00. The van der Waals surface area contributed by atoms with Crippen LogP contribution in [0.4, 0.5) is 0 Å². The zero-order chi connectivity index (χ0) is 14.2. The van der Waals surface area contributed by atoms with Crippen LogP contribution in [0.25, 0.3) is 0 Å². The van der Waals surface area contributed by atoms with E-state index in [9.17, 15) is 9.59 Å². The fraction of sp³-hybridized carbons (Fsp3) is 0.857. The number of hydrogen-bond acceptors (Lipinski definition) is 4. The summed E-state index contributed by atoms with van der Waals surface area (Å²) >= 11 is 1.44. The first-order valence-electron chi connectivity index (χ1n) is 7.48. The average Bonchev–Trinajstić information content (AvgIpc) is 2.77. The fourth-order valence-corrected chi connectivity index (χ4v) is 3.36. The van der Waals surface area contributed by atoms with Crippen molar-refractivity contribution in [2.45, 2.75) is 25.7 Å². The second-order valence-electron chi connectivity index (χ2n) is 5.28. The van der Waals surface area contributed by atoms with Crippen molar-refractivity contribution < 1.29 is 14.3 Å². The van der Waals surface area contributed by atoms with Crippen molar-refractivity contribution in [3.05, 3.63) is 0 Å². The van der Waals surface area contributed by atoms with Crippen LogP contribution in [0, 0.1) is 0 Å². The largest absolute Gasteiger partial charge is 0.378 e. The molecule has 2 aliphatic heterocycles.